The Hall–Kier alpha value is 0.0600. The van der Waals surface area contributed by atoms with Crippen molar-refractivity contribution in [2.75, 3.05) is 0 Å². The van der Waals surface area contributed by atoms with Gasteiger partial charge in [0.1, 0.15) is 31.7 Å². The number of hydrogen-bond donors (Lipinski definition) is 0. The maximum absolute atomic E-state index is 11.9. The van der Waals surface area contributed by atoms with Gasteiger partial charge in [0.2, 0.25) is 0 Å². The number of aryl methyl sites for hydroxylation is 1. The van der Waals surface area contributed by atoms with Crippen molar-refractivity contribution in [3.63, 3.8) is 0 Å². The van der Waals surface area contributed by atoms with Gasteiger partial charge >= 0.3 is 59.1 Å². The molecule has 0 aromatic heterocycles. The standard InChI is InChI=1S/C24H34O7S2.2Na/c1-2-3-4-5-6-7-8-9-10-12-15-20-18-22(31-21-16-13-11-14-17-21)19-23(32(25,26)27)24(20)33(28,29)30;;/h11,13-14,16-19H,2-10,12,15H2,1H3,(H,25,26,27)(H,28,29,30);;/q;2*+1/p-2. The Labute approximate surface area is 254 Å². The molecule has 0 aliphatic heterocycles. The predicted octanol–water partition coefficient (Wildman–Crippen LogP) is -0.241. The van der Waals surface area contributed by atoms with Gasteiger partial charge in [-0.05, 0) is 42.7 Å². The van der Waals surface area contributed by atoms with Gasteiger partial charge in [-0.25, -0.2) is 16.8 Å². The fourth-order valence-electron chi connectivity index (χ4n) is 3.77. The van der Waals surface area contributed by atoms with Crippen LogP contribution < -0.4 is 63.9 Å². The summed E-state index contributed by atoms with van der Waals surface area (Å²) < 4.78 is 76.6. The summed E-state index contributed by atoms with van der Waals surface area (Å²) in [6.07, 6.45) is 10.9. The Kier molecular flexibility index (Phi) is 17.6. The van der Waals surface area contributed by atoms with Gasteiger partial charge in [0.05, 0.1) is 9.79 Å². The maximum Gasteiger partial charge on any atom is 1.00 e. The summed E-state index contributed by atoms with van der Waals surface area (Å²) in [5.74, 6) is 0.375. The van der Waals surface area contributed by atoms with Gasteiger partial charge in [-0.2, -0.15) is 0 Å². The van der Waals surface area contributed by atoms with E-state index in [-0.39, 0.29) is 76.8 Å². The van der Waals surface area contributed by atoms with E-state index in [0.29, 0.717) is 12.2 Å². The summed E-state index contributed by atoms with van der Waals surface area (Å²) in [6.45, 7) is 2.18. The first-order valence-electron chi connectivity index (χ1n) is 11.4. The normalized spacial score (nSPS) is 11.4. The van der Waals surface area contributed by atoms with Crippen molar-refractivity contribution in [3.8, 4) is 11.5 Å². The van der Waals surface area contributed by atoms with Crippen LogP contribution in [0.5, 0.6) is 11.5 Å². The third-order valence-electron chi connectivity index (χ3n) is 5.40. The number of hydrogen-bond acceptors (Lipinski definition) is 7. The minimum atomic E-state index is -5.22. The molecule has 0 aliphatic carbocycles. The Morgan fingerprint density at radius 3 is 1.69 bits per heavy atom. The molecule has 0 N–H and O–H groups in total. The summed E-state index contributed by atoms with van der Waals surface area (Å²) in [5, 5.41) is 0. The SMILES string of the molecule is CCCCCCCCCCCCc1cc(Oc2ccccc2)cc(S(=O)(=O)[O-])c1S(=O)(=O)[O-].[Na+].[Na+]. The Morgan fingerprint density at radius 2 is 1.20 bits per heavy atom. The molecule has 0 bridgehead atoms. The molecule has 0 fully saturated rings. The molecular weight excluding hydrogens is 510 g/mol. The zero-order valence-electron chi connectivity index (χ0n) is 21.0. The molecule has 0 radical (unpaired) electrons. The van der Waals surface area contributed by atoms with Gasteiger partial charge in [0.15, 0.2) is 0 Å². The van der Waals surface area contributed by atoms with Crippen LogP contribution in [0, 0.1) is 0 Å². The molecule has 0 amide bonds. The van der Waals surface area contributed by atoms with Gasteiger partial charge in [0.25, 0.3) is 0 Å². The van der Waals surface area contributed by atoms with E-state index in [9.17, 15) is 25.9 Å². The second-order valence-electron chi connectivity index (χ2n) is 8.17. The van der Waals surface area contributed by atoms with Crippen LogP contribution in [0.15, 0.2) is 52.3 Å². The smallest absolute Gasteiger partial charge is 0.744 e. The Bertz CT molecular complexity index is 1090. The number of unbranched alkanes of at least 4 members (excludes halogenated alkanes) is 9. The number of benzene rings is 2. The van der Waals surface area contributed by atoms with Crippen LogP contribution in [-0.4, -0.2) is 25.9 Å². The monoisotopic (exact) mass is 542 g/mol. The predicted molar refractivity (Wildman–Crippen MR) is 124 cm³/mol. The van der Waals surface area contributed by atoms with Gasteiger partial charge in [-0.1, -0.05) is 82.9 Å². The fourth-order valence-corrected chi connectivity index (χ4v) is 5.79. The zero-order chi connectivity index (χ0) is 24.3. The van der Waals surface area contributed by atoms with E-state index in [1.165, 1.54) is 38.2 Å². The molecule has 0 spiro atoms. The van der Waals surface area contributed by atoms with E-state index in [2.05, 4.69) is 6.92 Å². The van der Waals surface area contributed by atoms with E-state index < -0.39 is 30.0 Å². The Morgan fingerprint density at radius 1 is 0.686 bits per heavy atom. The van der Waals surface area contributed by atoms with E-state index in [1.807, 2.05) is 0 Å². The average Bonchev–Trinajstić information content (AvgIpc) is 2.74. The van der Waals surface area contributed by atoms with Crippen LogP contribution in [0.25, 0.3) is 0 Å². The maximum atomic E-state index is 11.9. The summed E-state index contributed by atoms with van der Waals surface area (Å²) in [6, 6.07) is 10.6. The minimum absolute atomic E-state index is 0. The summed E-state index contributed by atoms with van der Waals surface area (Å²) in [7, 11) is -10.4. The first-order chi connectivity index (χ1) is 15.6. The van der Waals surface area contributed by atoms with E-state index in [1.54, 1.807) is 30.3 Å². The van der Waals surface area contributed by atoms with Crippen molar-refractivity contribution in [1.29, 1.82) is 0 Å². The first-order valence-corrected chi connectivity index (χ1v) is 14.3. The fraction of sp³-hybridized carbons (Fsp3) is 0.500. The molecule has 2 aromatic carbocycles. The van der Waals surface area contributed by atoms with Gasteiger partial charge in [-0.15, -0.1) is 0 Å². The number of rotatable bonds is 15. The van der Waals surface area contributed by atoms with E-state index in [0.717, 1.165) is 31.7 Å². The van der Waals surface area contributed by atoms with Gasteiger partial charge in [-0.3, -0.25) is 0 Å². The molecule has 0 aliphatic rings. The molecule has 7 nitrogen and oxygen atoms in total. The molecule has 184 valence electrons. The van der Waals surface area contributed by atoms with Crippen LogP contribution in [-0.2, 0) is 26.7 Å². The molecule has 11 heteroatoms. The van der Waals surface area contributed by atoms with Crippen molar-refractivity contribution in [2.24, 2.45) is 0 Å². The second-order valence-corrected chi connectivity index (χ2v) is 10.8. The van der Waals surface area contributed by atoms with E-state index in [4.69, 9.17) is 4.74 Å². The largest absolute Gasteiger partial charge is 1.00 e. The zero-order valence-corrected chi connectivity index (χ0v) is 26.6. The second kappa shape index (κ2) is 17.5. The molecular formula is C24H32Na2O7S2. The number of para-hydroxylation sites is 1. The molecule has 0 heterocycles. The molecule has 0 saturated carbocycles. The van der Waals surface area contributed by atoms with Crippen LogP contribution in [0.2, 0.25) is 0 Å². The van der Waals surface area contributed by atoms with Crippen LogP contribution in [0.1, 0.15) is 76.7 Å². The van der Waals surface area contributed by atoms with E-state index >= 15 is 0 Å². The van der Waals surface area contributed by atoms with Crippen LogP contribution >= 0.6 is 0 Å². The summed E-state index contributed by atoms with van der Waals surface area (Å²) in [4.78, 5) is -2.03. The molecule has 0 atom stereocenters. The summed E-state index contributed by atoms with van der Waals surface area (Å²) in [5.41, 5.74) is -0.00702. The molecule has 35 heavy (non-hydrogen) atoms. The van der Waals surface area contributed by atoms with Crippen molar-refractivity contribution < 1.29 is 89.8 Å². The molecule has 2 rings (SSSR count). The van der Waals surface area contributed by atoms with Crippen molar-refractivity contribution in [2.45, 2.75) is 87.3 Å². The molecule has 0 saturated heterocycles. The average molecular weight is 543 g/mol. The van der Waals surface area contributed by atoms with Crippen molar-refractivity contribution >= 4 is 20.2 Å². The first kappa shape index (κ1) is 35.1. The van der Waals surface area contributed by atoms with Crippen LogP contribution in [0.4, 0.5) is 0 Å². The third kappa shape index (κ3) is 12.9. The van der Waals surface area contributed by atoms with Gasteiger partial charge in [0, 0.05) is 0 Å². The molecule has 0 unspecified atom stereocenters. The van der Waals surface area contributed by atoms with Crippen molar-refractivity contribution in [1.82, 2.24) is 0 Å². The topological polar surface area (TPSA) is 124 Å². The Balaban J connectivity index is 0.00000578. The summed E-state index contributed by atoms with van der Waals surface area (Å²) >= 11 is 0. The number of ether oxygens (including phenoxy) is 1. The van der Waals surface area contributed by atoms with Gasteiger partial charge < -0.3 is 13.8 Å². The van der Waals surface area contributed by atoms with Crippen LogP contribution in [0.3, 0.4) is 0 Å². The molecule has 2 aromatic rings. The quantitative estimate of drug-likeness (QED) is 0.173. The minimum Gasteiger partial charge on any atom is -0.744 e. The third-order valence-corrected chi connectivity index (χ3v) is 7.38. The van der Waals surface area contributed by atoms with Crippen molar-refractivity contribution in [3.05, 3.63) is 48.0 Å².